The van der Waals surface area contributed by atoms with Gasteiger partial charge in [0.25, 0.3) is 16.0 Å². The van der Waals surface area contributed by atoms with E-state index in [0.717, 1.165) is 137 Å². The number of carboxylic acids is 1. The van der Waals surface area contributed by atoms with Gasteiger partial charge in [0.2, 0.25) is 0 Å². The highest BCUT2D eigenvalue weighted by Crippen LogP contribution is 2.32. The number of benzene rings is 4. The van der Waals surface area contributed by atoms with Crippen molar-refractivity contribution in [1.29, 1.82) is 0 Å². The Hall–Kier alpha value is -7.32. The first-order valence-corrected chi connectivity index (χ1v) is 35.7. The molecule has 1 atom stereocenters. The third kappa shape index (κ3) is 35.5. The molecule has 17 nitrogen and oxygen atoms in total. The van der Waals surface area contributed by atoms with Crippen LogP contribution in [0.4, 0.5) is 0 Å². The van der Waals surface area contributed by atoms with E-state index in [1.54, 1.807) is 62.6 Å². The van der Waals surface area contributed by atoms with Gasteiger partial charge < -0.3 is 28.5 Å². The Kier molecular flexibility index (Phi) is 40.5. The van der Waals surface area contributed by atoms with Crippen molar-refractivity contribution >= 4 is 65.6 Å². The number of rotatable bonds is 31. The molecular weight excluding hydrogens is 1210 g/mol. The summed E-state index contributed by atoms with van der Waals surface area (Å²) >= 11 is 0. The lowest BCUT2D eigenvalue weighted by molar-refractivity contribution is -0.134. The SMILES string of the molecule is CC(=O)O.CCCCC(C)(OC)N(C)C.CCCCOc1ccc(C(=O)/C=C(\C)CCCC)cc1.CCCCOc1ccc(C(=O)c2c(CCCC)oc3ccc(CS(C)(=O)=O)cc23)cc1.CCCCOc1ccc(C(C)=O)cc1.CS(=O)(=O)N=C1C=CC(=O)C=C1. The summed E-state index contributed by atoms with van der Waals surface area (Å²) in [5.41, 5.74) is 5.14. The van der Waals surface area contributed by atoms with Gasteiger partial charge in [0.15, 0.2) is 33.0 Å². The number of hydrogen-bond acceptors (Lipinski definition) is 15. The van der Waals surface area contributed by atoms with Crippen LogP contribution in [0.25, 0.3) is 11.0 Å². The fraction of sp³-hybridized carbons (Fsp3) is 0.479. The van der Waals surface area contributed by atoms with E-state index in [1.165, 1.54) is 43.4 Å². The molecule has 19 heteroatoms. The van der Waals surface area contributed by atoms with Gasteiger partial charge >= 0.3 is 0 Å². The van der Waals surface area contributed by atoms with Crippen molar-refractivity contribution in [3.8, 4) is 17.2 Å². The van der Waals surface area contributed by atoms with Crippen molar-refractivity contribution in [2.45, 2.75) is 177 Å². The number of sulfone groups is 1. The van der Waals surface area contributed by atoms with E-state index in [-0.39, 0.29) is 40.3 Å². The summed E-state index contributed by atoms with van der Waals surface area (Å²) in [4.78, 5) is 58.2. The summed E-state index contributed by atoms with van der Waals surface area (Å²) < 4.78 is 76.3. The van der Waals surface area contributed by atoms with E-state index in [9.17, 15) is 36.0 Å². The largest absolute Gasteiger partial charge is 0.494 e. The molecule has 508 valence electrons. The number of furan rings is 1. The van der Waals surface area contributed by atoms with Crippen molar-refractivity contribution in [1.82, 2.24) is 4.90 Å². The summed E-state index contributed by atoms with van der Waals surface area (Å²) in [5, 5.41) is 8.08. The molecule has 0 saturated carbocycles. The number of ether oxygens (including phenoxy) is 4. The molecule has 0 spiro atoms. The maximum atomic E-state index is 13.5. The number of aryl methyl sites for hydroxylation is 1. The van der Waals surface area contributed by atoms with Crippen molar-refractivity contribution in [3.63, 3.8) is 0 Å². The Bertz CT molecular complexity index is 3360. The number of carbonyl (C=O) groups excluding carboxylic acids is 4. The molecule has 6 rings (SSSR count). The minimum atomic E-state index is -3.37. The van der Waals surface area contributed by atoms with Crippen LogP contribution in [0.2, 0.25) is 0 Å². The monoisotopic (exact) mass is 1310 g/mol. The van der Waals surface area contributed by atoms with Crippen LogP contribution in [-0.2, 0) is 46.4 Å². The molecule has 1 N–H and O–H groups in total. The van der Waals surface area contributed by atoms with Gasteiger partial charge in [-0.15, -0.1) is 0 Å². The van der Waals surface area contributed by atoms with Gasteiger partial charge in [0, 0.05) is 48.8 Å². The van der Waals surface area contributed by atoms with Gasteiger partial charge in [0.1, 0.15) is 34.3 Å². The first kappa shape index (κ1) is 82.7. The standard InChI is InChI=1S/C25H30O5S.C18H26O2.C12H16O2.C9H21NO.C7H7NO3S.C2H4O2/c1-4-6-8-23-24(21-16-18(17-31(3,27)28)9-14-22(21)30-23)25(26)19-10-12-20(13-11-19)29-15-7-5-2;1-4-6-8-15(3)14-18(19)16-9-11-17(12-10-16)20-13-7-5-2;1-3-4-9-14-12-7-5-11(6-8-12)10(2)13;1-6-7-8-9(2,11-5)10(3)4;1-12(10,11)8-6-2-4-7(9)5-3-6;1-2(3)4/h9-14,16H,4-8,15,17H2,1-3H3;9-12,14H,4-8,13H2,1-3H3;5-8H,3-4,9H2,1-2H3;6-8H2,1-5H3;2-5H,1H3;1H3,(H,3,4)/b;15-14+;;;;. The topological polar surface area (TPSA) is 240 Å². The van der Waals surface area contributed by atoms with Crippen LogP contribution in [0.3, 0.4) is 0 Å². The molecule has 0 amide bonds. The number of carbonyl (C=O) groups is 5. The zero-order chi connectivity index (χ0) is 69.3. The summed E-state index contributed by atoms with van der Waals surface area (Å²) in [6.07, 6.45) is 25.0. The Morgan fingerprint density at radius 1 is 0.620 bits per heavy atom. The second-order valence-corrected chi connectivity index (χ2v) is 26.4. The van der Waals surface area contributed by atoms with Crippen LogP contribution in [0.5, 0.6) is 17.2 Å². The van der Waals surface area contributed by atoms with Gasteiger partial charge in [0.05, 0.1) is 43.1 Å². The number of fused-ring (bicyclic) bond motifs is 1. The molecule has 0 radical (unpaired) electrons. The lowest BCUT2D eigenvalue weighted by Gasteiger charge is -2.35. The highest BCUT2D eigenvalue weighted by atomic mass is 32.2. The zero-order valence-electron chi connectivity index (χ0n) is 57.4. The number of unbranched alkanes of at least 4 members (excludes halogenated alkanes) is 6. The normalized spacial score (nSPS) is 12.4. The minimum Gasteiger partial charge on any atom is -0.494 e. The molecule has 0 saturated heterocycles. The van der Waals surface area contributed by atoms with Crippen LogP contribution in [-0.4, -0.2) is 121 Å². The van der Waals surface area contributed by atoms with Crippen LogP contribution >= 0.6 is 0 Å². The van der Waals surface area contributed by atoms with Crippen molar-refractivity contribution < 1.29 is 69.3 Å². The van der Waals surface area contributed by atoms with Crippen molar-refractivity contribution in [3.05, 3.63) is 161 Å². The molecule has 5 aromatic rings. The van der Waals surface area contributed by atoms with Crippen molar-refractivity contribution in [2.75, 3.05) is 53.5 Å². The smallest absolute Gasteiger partial charge is 0.300 e. The number of methoxy groups -OCH3 is 1. The number of sulfonamides is 1. The van der Waals surface area contributed by atoms with Crippen LogP contribution in [0, 0.1) is 0 Å². The van der Waals surface area contributed by atoms with E-state index < -0.39 is 25.8 Å². The van der Waals surface area contributed by atoms with E-state index in [0.29, 0.717) is 46.4 Å². The fourth-order valence-electron chi connectivity index (χ4n) is 8.25. The first-order valence-electron chi connectivity index (χ1n) is 31.8. The van der Waals surface area contributed by atoms with Gasteiger partial charge in [-0.2, -0.15) is 4.40 Å². The number of Topliss-reactive ketones (excluding diaryl/α,β-unsaturated/α-hetero) is 1. The predicted molar refractivity (Wildman–Crippen MR) is 372 cm³/mol. The predicted octanol–water partition coefficient (Wildman–Crippen LogP) is 16.3. The number of allylic oxidation sites excluding steroid dienone is 6. The fourth-order valence-corrected chi connectivity index (χ4v) is 9.54. The second-order valence-electron chi connectivity index (χ2n) is 22.6. The summed E-state index contributed by atoms with van der Waals surface area (Å²) in [7, 11) is -0.667. The molecule has 4 aromatic carbocycles. The Labute approximate surface area is 549 Å². The number of hydrogen-bond donors (Lipinski definition) is 1. The van der Waals surface area contributed by atoms with E-state index in [1.807, 2.05) is 55.5 Å². The minimum absolute atomic E-state index is 0.0734. The molecule has 1 heterocycles. The van der Waals surface area contributed by atoms with Crippen molar-refractivity contribution in [2.24, 2.45) is 4.40 Å². The number of ketones is 4. The molecule has 1 aliphatic carbocycles. The highest BCUT2D eigenvalue weighted by Gasteiger charge is 2.25. The summed E-state index contributed by atoms with van der Waals surface area (Å²) in [6.45, 7) is 21.8. The average Bonchev–Trinajstić information content (AvgIpc) is 1.63. The molecule has 1 aromatic heterocycles. The molecule has 92 heavy (non-hydrogen) atoms. The van der Waals surface area contributed by atoms with Gasteiger partial charge in [-0.1, -0.05) is 91.7 Å². The average molecular weight is 1310 g/mol. The number of nitrogens with zero attached hydrogens (tertiary/aromatic N) is 2. The number of carboxylic acid groups (broad SMARTS) is 1. The van der Waals surface area contributed by atoms with Gasteiger partial charge in [-0.25, -0.2) is 16.8 Å². The summed E-state index contributed by atoms with van der Waals surface area (Å²) in [6, 6.07) is 27.1. The lowest BCUT2D eigenvalue weighted by Crippen LogP contribution is -2.42. The Balaban J connectivity index is 0.000000601. The molecule has 0 bridgehead atoms. The first-order chi connectivity index (χ1) is 43.5. The number of aliphatic carboxylic acids is 1. The molecule has 0 aliphatic heterocycles. The maximum absolute atomic E-state index is 13.5. The molecule has 1 aliphatic rings. The Morgan fingerprint density at radius 2 is 1.07 bits per heavy atom. The molecular formula is C73H104N2O15S2. The molecule has 1 unspecified atom stereocenters. The van der Waals surface area contributed by atoms with Gasteiger partial charge in [-0.05, 0) is 207 Å². The summed E-state index contributed by atoms with van der Waals surface area (Å²) in [5.74, 6) is 2.04. The Morgan fingerprint density at radius 3 is 1.47 bits per heavy atom. The highest BCUT2D eigenvalue weighted by molar-refractivity contribution is 7.90. The van der Waals surface area contributed by atoms with E-state index in [2.05, 4.69) is 71.9 Å². The third-order valence-electron chi connectivity index (χ3n) is 13.8. The lowest BCUT2D eigenvalue weighted by atomic mass is 9.97. The molecule has 0 fully saturated rings. The van der Waals surface area contributed by atoms with Gasteiger partial charge in [-0.3, -0.25) is 28.9 Å². The van der Waals surface area contributed by atoms with Crippen LogP contribution < -0.4 is 14.2 Å². The van der Waals surface area contributed by atoms with Crippen LogP contribution in [0.1, 0.15) is 207 Å². The van der Waals surface area contributed by atoms with E-state index in [4.69, 9.17) is 33.3 Å². The third-order valence-corrected chi connectivity index (χ3v) is 15.2. The van der Waals surface area contributed by atoms with Crippen LogP contribution in [0.15, 0.2) is 136 Å². The quantitative estimate of drug-likeness (QED) is 0.0143. The second kappa shape index (κ2) is 45.1. The maximum Gasteiger partial charge on any atom is 0.300 e. The zero-order valence-corrected chi connectivity index (χ0v) is 59.0. The van der Waals surface area contributed by atoms with E-state index >= 15 is 0 Å².